The smallest absolute Gasteiger partial charge is 0.0673 e. The van der Waals surface area contributed by atoms with Crippen LogP contribution in [0.15, 0.2) is 17.9 Å². The summed E-state index contributed by atoms with van der Waals surface area (Å²) in [6, 6.07) is 6.13. The second-order valence-corrected chi connectivity index (χ2v) is 2.79. The second kappa shape index (κ2) is 2.55. The quantitative estimate of drug-likeness (QED) is 0.558. The van der Waals surface area contributed by atoms with Crippen molar-refractivity contribution in [1.29, 1.82) is 5.26 Å². The average Bonchev–Trinajstić information content (AvgIpc) is 2.19. The molecule has 0 spiro atoms. The molecule has 40 valence electrons. The van der Waals surface area contributed by atoms with E-state index in [9.17, 15) is 0 Å². The van der Waals surface area contributed by atoms with E-state index in [1.54, 1.807) is 0 Å². The van der Waals surface area contributed by atoms with Gasteiger partial charge < -0.3 is 0 Å². The Bertz CT molecular complexity index is 183. The van der Waals surface area contributed by atoms with Gasteiger partial charge in [0.15, 0.2) is 0 Å². The third-order valence-corrected chi connectivity index (χ3v) is 2.01. The first-order valence-electron chi connectivity index (χ1n) is 2.42. The average molecular weight is 123 g/mol. The lowest BCUT2D eigenvalue weighted by Gasteiger charge is -1.77. The monoisotopic (exact) mass is 123 g/mol. The summed E-state index contributed by atoms with van der Waals surface area (Å²) in [7, 11) is 0.765. The van der Waals surface area contributed by atoms with E-state index in [-0.39, 0.29) is 0 Å². The molecule has 0 saturated heterocycles. The molecule has 0 aromatic carbocycles. The van der Waals surface area contributed by atoms with Gasteiger partial charge in [-0.25, -0.2) is 0 Å². The number of rotatable bonds is 1. The normalized spacial score (nSPS) is 9.38. The van der Waals surface area contributed by atoms with Gasteiger partial charge in [-0.15, -0.1) is 8.19 Å². The van der Waals surface area contributed by atoms with Crippen LogP contribution >= 0.6 is 8.19 Å². The fourth-order valence-corrected chi connectivity index (χ4v) is 1.34. The maximum absolute atomic E-state index is 8.21. The van der Waals surface area contributed by atoms with Gasteiger partial charge in [0, 0.05) is 0 Å². The van der Waals surface area contributed by atoms with E-state index in [2.05, 4.69) is 11.9 Å². The molecule has 0 radical (unpaired) electrons. The Morgan fingerprint density at radius 1 is 1.75 bits per heavy atom. The predicted molar refractivity (Wildman–Crippen MR) is 35.3 cm³/mol. The lowest BCUT2D eigenvalue weighted by Crippen LogP contribution is -1.66. The maximum Gasteiger partial charge on any atom is 0.0673 e. The number of hydrogen-bond acceptors (Lipinski definition) is 1. The third kappa shape index (κ3) is 1.12. The molecule has 0 aliphatic heterocycles. The van der Waals surface area contributed by atoms with E-state index < -0.39 is 0 Å². The van der Waals surface area contributed by atoms with Crippen molar-refractivity contribution in [3.05, 3.63) is 23.2 Å². The van der Waals surface area contributed by atoms with Gasteiger partial charge >= 0.3 is 0 Å². The Morgan fingerprint density at radius 3 is 3.12 bits per heavy atom. The summed E-state index contributed by atoms with van der Waals surface area (Å²) in [5.41, 5.74) is 0. The fourth-order valence-electron chi connectivity index (χ4n) is 0.563. The van der Waals surface area contributed by atoms with Gasteiger partial charge in [-0.3, -0.25) is 0 Å². The molecule has 8 heavy (non-hydrogen) atoms. The van der Waals surface area contributed by atoms with E-state index in [0.29, 0.717) is 6.42 Å². The van der Waals surface area contributed by atoms with E-state index in [1.807, 2.05) is 12.1 Å². The molecule has 0 saturated carbocycles. The van der Waals surface area contributed by atoms with Crippen molar-refractivity contribution < 1.29 is 0 Å². The zero-order chi connectivity index (χ0) is 5.82. The van der Waals surface area contributed by atoms with Gasteiger partial charge in [0.2, 0.25) is 0 Å². The molecule has 0 amide bonds. The summed E-state index contributed by atoms with van der Waals surface area (Å²) in [6.07, 6.45) is 0.603. The van der Waals surface area contributed by atoms with Crippen molar-refractivity contribution in [2.45, 2.75) is 6.42 Å². The minimum Gasteiger partial charge on any atom is -0.198 e. The van der Waals surface area contributed by atoms with Gasteiger partial charge in [-0.1, -0.05) is 12.1 Å². The van der Waals surface area contributed by atoms with Crippen LogP contribution in [0.2, 0.25) is 0 Å². The van der Waals surface area contributed by atoms with Crippen LogP contribution in [0.3, 0.4) is 0 Å². The van der Waals surface area contributed by atoms with Gasteiger partial charge in [0.1, 0.15) is 0 Å². The molecule has 0 aliphatic carbocycles. The van der Waals surface area contributed by atoms with Crippen molar-refractivity contribution in [1.82, 2.24) is 0 Å². The lowest BCUT2D eigenvalue weighted by molar-refractivity contribution is 1.32. The Balaban J connectivity index is 2.67. The predicted octanol–water partition coefficient (Wildman–Crippen LogP) is 1.78. The number of hydrogen-bond donors (Lipinski definition) is 0. The number of nitrogens with zero attached hydrogens (tertiary/aromatic N) is 1. The van der Waals surface area contributed by atoms with Gasteiger partial charge in [0.05, 0.1) is 12.5 Å². The van der Waals surface area contributed by atoms with Gasteiger partial charge in [-0.2, -0.15) is 5.26 Å². The van der Waals surface area contributed by atoms with Gasteiger partial charge in [0.25, 0.3) is 0 Å². The first-order valence-corrected chi connectivity index (χ1v) is 3.50. The molecule has 1 nitrogen and oxygen atoms in total. The summed E-state index contributed by atoms with van der Waals surface area (Å²) < 4.78 is 0. The molecule has 0 bridgehead atoms. The van der Waals surface area contributed by atoms with E-state index >= 15 is 0 Å². The summed E-state index contributed by atoms with van der Waals surface area (Å²) in [5, 5.41) is 9.47. The molecule has 0 fully saturated rings. The van der Waals surface area contributed by atoms with Crippen LogP contribution in [-0.4, -0.2) is 0 Å². The van der Waals surface area contributed by atoms with E-state index in [0.717, 1.165) is 8.19 Å². The van der Waals surface area contributed by atoms with Crippen molar-refractivity contribution >= 4 is 8.19 Å². The highest BCUT2D eigenvalue weighted by Crippen LogP contribution is 2.13. The zero-order valence-corrected chi connectivity index (χ0v) is 5.39. The SMILES string of the molecule is N#CCc1ccc[pH]1. The summed E-state index contributed by atoms with van der Waals surface area (Å²) >= 11 is 0. The Morgan fingerprint density at radius 2 is 2.62 bits per heavy atom. The molecule has 1 unspecified atom stereocenters. The Kier molecular flexibility index (Phi) is 1.72. The molecule has 1 rings (SSSR count). The zero-order valence-electron chi connectivity index (χ0n) is 4.39. The van der Waals surface area contributed by atoms with Crippen LogP contribution in [0.4, 0.5) is 0 Å². The molecule has 1 atom stereocenters. The third-order valence-electron chi connectivity index (χ3n) is 0.932. The van der Waals surface area contributed by atoms with Crippen molar-refractivity contribution in [2.75, 3.05) is 0 Å². The minimum atomic E-state index is 0.603. The fraction of sp³-hybridized carbons (Fsp3) is 0.167. The molecule has 1 aromatic heterocycles. The molecular formula is C6H6NP. The van der Waals surface area contributed by atoms with Crippen LogP contribution in [0.1, 0.15) is 5.30 Å². The van der Waals surface area contributed by atoms with Crippen LogP contribution in [0.25, 0.3) is 0 Å². The lowest BCUT2D eigenvalue weighted by atomic mass is 10.4. The number of nitriles is 1. The van der Waals surface area contributed by atoms with Gasteiger partial charge in [-0.05, 0) is 11.1 Å². The van der Waals surface area contributed by atoms with Crippen LogP contribution < -0.4 is 0 Å². The van der Waals surface area contributed by atoms with Crippen molar-refractivity contribution in [2.24, 2.45) is 0 Å². The van der Waals surface area contributed by atoms with E-state index in [4.69, 9.17) is 5.26 Å². The second-order valence-electron chi connectivity index (χ2n) is 1.53. The van der Waals surface area contributed by atoms with Crippen LogP contribution in [0.5, 0.6) is 0 Å². The summed E-state index contributed by atoms with van der Waals surface area (Å²) in [6.45, 7) is 0. The minimum absolute atomic E-state index is 0.603. The van der Waals surface area contributed by atoms with Crippen LogP contribution in [0, 0.1) is 11.3 Å². The topological polar surface area (TPSA) is 23.8 Å². The van der Waals surface area contributed by atoms with E-state index in [1.165, 1.54) is 5.30 Å². The summed E-state index contributed by atoms with van der Waals surface area (Å²) in [5.74, 6) is 2.09. The van der Waals surface area contributed by atoms with Crippen LogP contribution in [-0.2, 0) is 6.42 Å². The van der Waals surface area contributed by atoms with Crippen molar-refractivity contribution in [3.63, 3.8) is 0 Å². The Hall–Kier alpha value is -0.730. The molecule has 1 aromatic rings. The summed E-state index contributed by atoms with van der Waals surface area (Å²) in [4.78, 5) is 0. The highest BCUT2D eigenvalue weighted by atomic mass is 31.0. The first kappa shape index (κ1) is 5.41. The van der Waals surface area contributed by atoms with Crippen molar-refractivity contribution in [3.8, 4) is 6.07 Å². The molecular weight excluding hydrogens is 117 g/mol. The highest BCUT2D eigenvalue weighted by Gasteiger charge is 1.85. The highest BCUT2D eigenvalue weighted by molar-refractivity contribution is 7.30. The molecule has 1 heterocycles. The standard InChI is InChI=1S/C6H6NP/c7-4-3-6-2-1-5-8-6/h1-2,5,8H,3H2. The molecule has 0 aliphatic rings. The Labute approximate surface area is 50.0 Å². The molecule has 0 N–H and O–H groups in total. The largest absolute Gasteiger partial charge is 0.198 e. The first-order chi connectivity index (χ1) is 3.93. The molecule has 2 heteroatoms. The maximum atomic E-state index is 8.21.